The van der Waals surface area contributed by atoms with Gasteiger partial charge in [-0.3, -0.25) is 9.78 Å². The van der Waals surface area contributed by atoms with E-state index < -0.39 is 0 Å². The molecule has 0 aromatic carbocycles. The second kappa shape index (κ2) is 8.06. The summed E-state index contributed by atoms with van der Waals surface area (Å²) in [5.74, 6) is 1.08. The molecule has 1 amide bonds. The number of aromatic nitrogens is 3. The Kier molecular flexibility index (Phi) is 5.59. The zero-order chi connectivity index (χ0) is 16.8. The average Bonchev–Trinajstić information content (AvgIpc) is 3.08. The summed E-state index contributed by atoms with van der Waals surface area (Å²) < 4.78 is 7.89. The van der Waals surface area contributed by atoms with Gasteiger partial charge in [-0.25, -0.2) is 4.98 Å². The summed E-state index contributed by atoms with van der Waals surface area (Å²) in [6.45, 7) is 4.36. The Labute approximate surface area is 142 Å². The van der Waals surface area contributed by atoms with Crippen molar-refractivity contribution in [2.75, 3.05) is 13.1 Å². The highest BCUT2D eigenvalue weighted by Crippen LogP contribution is 2.15. The second-order valence-electron chi connectivity index (χ2n) is 6.06. The van der Waals surface area contributed by atoms with E-state index in [2.05, 4.69) is 9.97 Å². The predicted molar refractivity (Wildman–Crippen MR) is 90.2 cm³/mol. The molecule has 0 bridgehead atoms. The number of amides is 1. The molecule has 1 atom stereocenters. The van der Waals surface area contributed by atoms with Crippen molar-refractivity contribution in [2.24, 2.45) is 0 Å². The number of ether oxygens (including phenoxy) is 1. The van der Waals surface area contributed by atoms with E-state index in [9.17, 15) is 4.79 Å². The van der Waals surface area contributed by atoms with Crippen LogP contribution >= 0.6 is 0 Å². The van der Waals surface area contributed by atoms with Gasteiger partial charge in [-0.2, -0.15) is 0 Å². The smallest absolute Gasteiger partial charge is 0.242 e. The van der Waals surface area contributed by atoms with Crippen LogP contribution in [0.5, 0.6) is 0 Å². The van der Waals surface area contributed by atoms with Crippen molar-refractivity contribution >= 4 is 5.91 Å². The first-order valence-electron chi connectivity index (χ1n) is 8.55. The third-order valence-corrected chi connectivity index (χ3v) is 4.35. The molecule has 6 nitrogen and oxygen atoms in total. The molecule has 0 radical (unpaired) electrons. The van der Waals surface area contributed by atoms with Crippen LogP contribution in [-0.4, -0.2) is 44.5 Å². The topological polar surface area (TPSA) is 60.2 Å². The maximum atomic E-state index is 12.6. The van der Waals surface area contributed by atoms with Crippen molar-refractivity contribution in [3.63, 3.8) is 0 Å². The Morgan fingerprint density at radius 3 is 3.04 bits per heavy atom. The molecule has 2 aromatic heterocycles. The van der Waals surface area contributed by atoms with Crippen molar-refractivity contribution in [2.45, 2.75) is 45.4 Å². The Morgan fingerprint density at radius 2 is 2.25 bits per heavy atom. The second-order valence-corrected chi connectivity index (χ2v) is 6.06. The highest BCUT2D eigenvalue weighted by molar-refractivity contribution is 5.76. The number of imidazole rings is 1. The standard InChI is InChI=1S/C18H24N4O2/c1-2-17-20-9-11-21(17)13-18(23)22-10-5-7-16(12-22)24-14-15-6-3-4-8-19-15/h3-4,6,8-9,11,16H,2,5,7,10,12-14H2,1H3/t16-/m0/s1. The van der Waals surface area contributed by atoms with Gasteiger partial charge in [0.2, 0.25) is 5.91 Å². The molecule has 2 aromatic rings. The largest absolute Gasteiger partial charge is 0.370 e. The highest BCUT2D eigenvalue weighted by Gasteiger charge is 2.24. The first-order valence-corrected chi connectivity index (χ1v) is 8.55. The van der Waals surface area contributed by atoms with Crippen LogP contribution in [0.3, 0.4) is 0 Å². The van der Waals surface area contributed by atoms with Crippen LogP contribution in [0.4, 0.5) is 0 Å². The van der Waals surface area contributed by atoms with Crippen LogP contribution in [0.15, 0.2) is 36.8 Å². The van der Waals surface area contributed by atoms with Crippen molar-refractivity contribution in [1.29, 1.82) is 0 Å². The molecule has 1 fully saturated rings. The Morgan fingerprint density at radius 1 is 1.33 bits per heavy atom. The molecule has 128 valence electrons. The molecule has 0 spiro atoms. The number of aryl methyl sites for hydroxylation is 1. The van der Waals surface area contributed by atoms with Crippen molar-refractivity contribution in [3.8, 4) is 0 Å². The van der Waals surface area contributed by atoms with Gasteiger partial charge in [0.25, 0.3) is 0 Å². The summed E-state index contributed by atoms with van der Waals surface area (Å²) in [6.07, 6.45) is 8.27. The molecule has 24 heavy (non-hydrogen) atoms. The van der Waals surface area contributed by atoms with Crippen LogP contribution in [0, 0.1) is 0 Å². The first kappa shape index (κ1) is 16.6. The summed E-state index contributed by atoms with van der Waals surface area (Å²) >= 11 is 0. The predicted octanol–water partition coefficient (Wildman–Crippen LogP) is 2.05. The highest BCUT2D eigenvalue weighted by atomic mass is 16.5. The summed E-state index contributed by atoms with van der Waals surface area (Å²) in [7, 11) is 0. The molecule has 3 heterocycles. The van der Waals surface area contributed by atoms with Crippen molar-refractivity contribution < 1.29 is 9.53 Å². The van der Waals surface area contributed by atoms with Crippen LogP contribution in [0.25, 0.3) is 0 Å². The lowest BCUT2D eigenvalue weighted by Gasteiger charge is -2.32. The molecular weight excluding hydrogens is 304 g/mol. The normalized spacial score (nSPS) is 17.9. The van der Waals surface area contributed by atoms with Crippen LogP contribution in [0.1, 0.15) is 31.3 Å². The van der Waals surface area contributed by atoms with Crippen molar-refractivity contribution in [3.05, 3.63) is 48.3 Å². The van der Waals surface area contributed by atoms with Gasteiger partial charge < -0.3 is 14.2 Å². The van der Waals surface area contributed by atoms with Gasteiger partial charge in [0, 0.05) is 38.1 Å². The fourth-order valence-electron chi connectivity index (χ4n) is 3.03. The van der Waals surface area contributed by atoms with Gasteiger partial charge in [-0.1, -0.05) is 13.0 Å². The fourth-order valence-corrected chi connectivity index (χ4v) is 3.03. The van der Waals surface area contributed by atoms with Gasteiger partial charge >= 0.3 is 0 Å². The molecule has 3 rings (SSSR count). The maximum Gasteiger partial charge on any atom is 0.242 e. The number of nitrogens with zero attached hydrogens (tertiary/aromatic N) is 4. The van der Waals surface area contributed by atoms with E-state index in [0.29, 0.717) is 19.7 Å². The number of rotatable bonds is 6. The monoisotopic (exact) mass is 328 g/mol. The molecule has 0 unspecified atom stereocenters. The van der Waals surface area contributed by atoms with E-state index in [1.165, 1.54) is 0 Å². The average molecular weight is 328 g/mol. The molecule has 1 aliphatic rings. The molecular formula is C18H24N4O2. The molecule has 1 aliphatic heterocycles. The minimum atomic E-state index is 0.0816. The zero-order valence-electron chi connectivity index (χ0n) is 14.1. The molecule has 1 saturated heterocycles. The van der Waals surface area contributed by atoms with E-state index in [-0.39, 0.29) is 12.0 Å². The van der Waals surface area contributed by atoms with Crippen LogP contribution in [-0.2, 0) is 29.1 Å². The van der Waals surface area contributed by atoms with Crippen LogP contribution in [0.2, 0.25) is 0 Å². The zero-order valence-corrected chi connectivity index (χ0v) is 14.1. The van der Waals surface area contributed by atoms with Gasteiger partial charge in [0.15, 0.2) is 0 Å². The Bertz CT molecular complexity index is 656. The van der Waals surface area contributed by atoms with E-state index >= 15 is 0 Å². The number of pyridine rings is 1. The summed E-state index contributed by atoms with van der Waals surface area (Å²) in [5, 5.41) is 0. The number of carbonyl (C=O) groups is 1. The van der Waals surface area contributed by atoms with E-state index in [0.717, 1.165) is 37.3 Å². The molecule has 0 aliphatic carbocycles. The van der Waals surface area contributed by atoms with E-state index in [1.807, 2.05) is 40.8 Å². The number of hydrogen-bond acceptors (Lipinski definition) is 4. The van der Waals surface area contributed by atoms with E-state index in [4.69, 9.17) is 4.74 Å². The lowest BCUT2D eigenvalue weighted by Crippen LogP contribution is -2.44. The fraction of sp³-hybridized carbons (Fsp3) is 0.500. The Balaban J connectivity index is 1.52. The lowest BCUT2D eigenvalue weighted by molar-refractivity contribution is -0.136. The van der Waals surface area contributed by atoms with Gasteiger partial charge in [0.05, 0.1) is 18.4 Å². The van der Waals surface area contributed by atoms with Gasteiger partial charge in [-0.05, 0) is 25.0 Å². The maximum absolute atomic E-state index is 12.6. The van der Waals surface area contributed by atoms with Crippen molar-refractivity contribution in [1.82, 2.24) is 19.4 Å². The Hall–Kier alpha value is -2.21. The van der Waals surface area contributed by atoms with Crippen LogP contribution < -0.4 is 0 Å². The third-order valence-electron chi connectivity index (χ3n) is 4.35. The number of piperidine rings is 1. The lowest BCUT2D eigenvalue weighted by atomic mass is 10.1. The SMILES string of the molecule is CCc1nccn1CC(=O)N1CCC[C@H](OCc2ccccn2)C1. The van der Waals surface area contributed by atoms with Gasteiger partial charge in [0.1, 0.15) is 12.4 Å². The number of hydrogen-bond donors (Lipinski definition) is 0. The molecule has 0 N–H and O–H groups in total. The number of carbonyl (C=O) groups excluding carboxylic acids is 1. The van der Waals surface area contributed by atoms with E-state index in [1.54, 1.807) is 12.4 Å². The minimum absolute atomic E-state index is 0.0816. The first-order chi connectivity index (χ1) is 11.8. The van der Waals surface area contributed by atoms with Gasteiger partial charge in [-0.15, -0.1) is 0 Å². The summed E-state index contributed by atoms with van der Waals surface area (Å²) in [5.41, 5.74) is 0.923. The number of likely N-dealkylation sites (tertiary alicyclic amines) is 1. The quantitative estimate of drug-likeness (QED) is 0.814. The molecule has 0 saturated carbocycles. The minimum Gasteiger partial charge on any atom is -0.370 e. The third kappa shape index (κ3) is 4.20. The molecule has 6 heteroatoms. The summed E-state index contributed by atoms with van der Waals surface area (Å²) in [6, 6.07) is 5.81. The summed E-state index contributed by atoms with van der Waals surface area (Å²) in [4.78, 5) is 23.0.